The van der Waals surface area contributed by atoms with Gasteiger partial charge in [0, 0.05) is 13.0 Å². The number of carbonyl (C=O) groups excluding carboxylic acids is 2. The summed E-state index contributed by atoms with van der Waals surface area (Å²) in [5.41, 5.74) is 2.89. The highest BCUT2D eigenvalue weighted by Crippen LogP contribution is 2.32. The second-order valence-electron chi connectivity index (χ2n) is 5.11. The van der Waals surface area contributed by atoms with Crippen molar-refractivity contribution in [2.75, 3.05) is 6.54 Å². The Labute approximate surface area is 165 Å². The highest BCUT2D eigenvalue weighted by Gasteiger charge is 2.10. The second kappa shape index (κ2) is 9.44. The average molecular weight is 487 g/mol. The maximum Gasteiger partial charge on any atom is 0.254 e. The van der Waals surface area contributed by atoms with Crippen molar-refractivity contribution in [2.45, 2.75) is 6.42 Å². The van der Waals surface area contributed by atoms with Gasteiger partial charge in [0.15, 0.2) is 0 Å². The Balaban J connectivity index is 1.79. The average Bonchev–Trinajstić information content (AvgIpc) is 2.60. The summed E-state index contributed by atoms with van der Waals surface area (Å²) in [4.78, 5) is 23.5. The van der Waals surface area contributed by atoms with Gasteiger partial charge in [-0.25, -0.2) is 9.82 Å². The van der Waals surface area contributed by atoms with E-state index in [2.05, 4.69) is 47.7 Å². The number of aromatic hydroxyl groups is 1. The van der Waals surface area contributed by atoms with Gasteiger partial charge >= 0.3 is 0 Å². The molecule has 0 fully saturated rings. The van der Waals surface area contributed by atoms with Crippen molar-refractivity contribution in [2.24, 2.45) is 5.10 Å². The fraction of sp³-hybridized carbons (Fsp3) is 0.118. The van der Waals surface area contributed by atoms with Crippen molar-refractivity contribution in [3.05, 3.63) is 62.3 Å². The Morgan fingerprint density at radius 3 is 2.50 bits per heavy atom. The van der Waals surface area contributed by atoms with Crippen molar-refractivity contribution in [1.82, 2.24) is 10.7 Å². The molecule has 0 aliphatic rings. The zero-order valence-electron chi connectivity index (χ0n) is 13.3. The predicted octanol–water partition coefficient (Wildman–Crippen LogP) is 3.33. The Kier molecular flexibility index (Phi) is 7.28. The summed E-state index contributed by atoms with van der Waals surface area (Å²) in [5, 5.41) is 15.9. The van der Waals surface area contributed by atoms with E-state index in [9.17, 15) is 19.1 Å². The third-order valence-electron chi connectivity index (χ3n) is 3.20. The molecule has 6 nitrogen and oxygen atoms in total. The van der Waals surface area contributed by atoms with Crippen molar-refractivity contribution in [3.63, 3.8) is 0 Å². The predicted molar refractivity (Wildman–Crippen MR) is 103 cm³/mol. The van der Waals surface area contributed by atoms with Crippen LogP contribution in [0.15, 0.2) is 50.4 Å². The summed E-state index contributed by atoms with van der Waals surface area (Å²) in [6.07, 6.45) is 1.39. The van der Waals surface area contributed by atoms with Crippen molar-refractivity contribution in [1.29, 1.82) is 0 Å². The highest BCUT2D eigenvalue weighted by molar-refractivity contribution is 9.11. The number of carbonyl (C=O) groups is 2. The van der Waals surface area contributed by atoms with Crippen LogP contribution in [-0.4, -0.2) is 29.7 Å². The molecule has 2 rings (SSSR count). The van der Waals surface area contributed by atoms with Gasteiger partial charge in [-0.05, 0) is 61.7 Å². The molecule has 0 aliphatic heterocycles. The van der Waals surface area contributed by atoms with Crippen molar-refractivity contribution >= 4 is 49.9 Å². The third kappa shape index (κ3) is 5.63. The number of hydrogen-bond acceptors (Lipinski definition) is 4. The van der Waals surface area contributed by atoms with E-state index >= 15 is 0 Å². The Morgan fingerprint density at radius 1 is 1.19 bits per heavy atom. The first kappa shape index (κ1) is 20.1. The summed E-state index contributed by atoms with van der Waals surface area (Å²) < 4.78 is 14.4. The van der Waals surface area contributed by atoms with Gasteiger partial charge in [0.25, 0.3) is 5.91 Å². The van der Waals surface area contributed by atoms with Crippen LogP contribution < -0.4 is 10.7 Å². The summed E-state index contributed by atoms with van der Waals surface area (Å²) in [6.45, 7) is 0.0465. The number of rotatable bonds is 6. The Bertz CT molecular complexity index is 836. The lowest BCUT2D eigenvalue weighted by Gasteiger charge is -2.05. The first-order chi connectivity index (χ1) is 12.4. The van der Waals surface area contributed by atoms with E-state index < -0.39 is 17.6 Å². The van der Waals surface area contributed by atoms with Crippen LogP contribution in [0.25, 0.3) is 0 Å². The summed E-state index contributed by atoms with van der Waals surface area (Å²) in [5.74, 6) is -1.55. The minimum Gasteiger partial charge on any atom is -0.506 e. The normalized spacial score (nSPS) is 10.7. The number of nitrogens with zero attached hydrogens (tertiary/aromatic N) is 1. The molecule has 136 valence electrons. The Hall–Kier alpha value is -2.26. The quantitative estimate of drug-likeness (QED) is 0.432. The summed E-state index contributed by atoms with van der Waals surface area (Å²) >= 11 is 6.39. The van der Waals surface area contributed by atoms with Gasteiger partial charge in [-0.2, -0.15) is 5.10 Å². The maximum absolute atomic E-state index is 13.5. The monoisotopic (exact) mass is 485 g/mol. The molecular formula is C17H14Br2FN3O3. The molecule has 0 bridgehead atoms. The van der Waals surface area contributed by atoms with Gasteiger partial charge in [0.2, 0.25) is 5.91 Å². The molecule has 2 aromatic carbocycles. The molecule has 0 aliphatic carbocycles. The fourth-order valence-electron chi connectivity index (χ4n) is 1.92. The Morgan fingerprint density at radius 2 is 1.85 bits per heavy atom. The van der Waals surface area contributed by atoms with E-state index in [0.29, 0.717) is 14.5 Å². The topological polar surface area (TPSA) is 90.8 Å². The zero-order chi connectivity index (χ0) is 19.1. The lowest BCUT2D eigenvalue weighted by molar-refractivity contribution is -0.120. The first-order valence-electron chi connectivity index (χ1n) is 7.41. The number of halogens is 3. The van der Waals surface area contributed by atoms with Crippen LogP contribution in [0.5, 0.6) is 5.75 Å². The zero-order valence-corrected chi connectivity index (χ0v) is 16.5. The van der Waals surface area contributed by atoms with E-state index in [-0.39, 0.29) is 24.3 Å². The number of phenols is 1. The van der Waals surface area contributed by atoms with Crippen LogP contribution in [0.1, 0.15) is 22.3 Å². The van der Waals surface area contributed by atoms with Crippen LogP contribution in [0.2, 0.25) is 0 Å². The molecule has 0 atom stereocenters. The van der Waals surface area contributed by atoms with Gasteiger partial charge in [-0.15, -0.1) is 0 Å². The highest BCUT2D eigenvalue weighted by atomic mass is 79.9. The second-order valence-corrected chi connectivity index (χ2v) is 6.82. The van der Waals surface area contributed by atoms with Crippen molar-refractivity contribution in [3.8, 4) is 5.75 Å². The standard InChI is InChI=1S/C17H14Br2FN3O3/c18-12-7-10(8-13(19)16(12)25)9-22-23-15(24)5-6-21-17(26)11-3-1-2-4-14(11)20/h1-4,7-9,25H,5-6H2,(H,21,26)(H,23,24). The smallest absolute Gasteiger partial charge is 0.254 e. The number of amides is 2. The summed E-state index contributed by atoms with van der Waals surface area (Å²) in [7, 11) is 0. The molecule has 2 aromatic rings. The molecule has 3 N–H and O–H groups in total. The van der Waals surface area contributed by atoms with Gasteiger partial charge < -0.3 is 10.4 Å². The lowest BCUT2D eigenvalue weighted by Crippen LogP contribution is -2.29. The fourth-order valence-corrected chi connectivity index (χ4v) is 3.15. The van der Waals surface area contributed by atoms with E-state index in [4.69, 9.17) is 0 Å². The van der Waals surface area contributed by atoms with E-state index in [0.717, 1.165) is 0 Å². The third-order valence-corrected chi connectivity index (χ3v) is 4.41. The largest absolute Gasteiger partial charge is 0.506 e. The van der Waals surface area contributed by atoms with E-state index in [1.165, 1.54) is 24.4 Å². The summed E-state index contributed by atoms with van der Waals surface area (Å²) in [6, 6.07) is 8.86. The lowest BCUT2D eigenvalue weighted by atomic mass is 10.2. The molecule has 0 aromatic heterocycles. The molecule has 2 amide bonds. The molecule has 0 radical (unpaired) electrons. The first-order valence-corrected chi connectivity index (χ1v) is 8.99. The van der Waals surface area contributed by atoms with Gasteiger partial charge in [-0.3, -0.25) is 9.59 Å². The number of nitrogens with one attached hydrogen (secondary N) is 2. The maximum atomic E-state index is 13.5. The molecule has 26 heavy (non-hydrogen) atoms. The van der Waals surface area contributed by atoms with E-state index in [1.54, 1.807) is 18.2 Å². The molecule has 0 spiro atoms. The molecular weight excluding hydrogens is 473 g/mol. The van der Waals surface area contributed by atoms with Crippen LogP contribution in [0, 0.1) is 5.82 Å². The van der Waals surface area contributed by atoms with Crippen LogP contribution in [-0.2, 0) is 4.79 Å². The van der Waals surface area contributed by atoms with Crippen LogP contribution in [0.4, 0.5) is 4.39 Å². The van der Waals surface area contributed by atoms with E-state index in [1.807, 2.05) is 0 Å². The SMILES string of the molecule is O=C(CCNC(=O)c1ccccc1F)NN=Cc1cc(Br)c(O)c(Br)c1. The minimum atomic E-state index is -0.620. The van der Waals surface area contributed by atoms with Crippen molar-refractivity contribution < 1.29 is 19.1 Å². The van der Waals surface area contributed by atoms with Crippen LogP contribution >= 0.6 is 31.9 Å². The molecule has 0 saturated heterocycles. The number of hydrogen-bond donors (Lipinski definition) is 3. The van der Waals surface area contributed by atoms with Gasteiger partial charge in [-0.1, -0.05) is 12.1 Å². The number of phenolic OH excluding ortho intramolecular Hbond substituents is 1. The molecule has 0 saturated carbocycles. The minimum absolute atomic E-state index is 0.0134. The van der Waals surface area contributed by atoms with Gasteiger partial charge in [0.1, 0.15) is 11.6 Å². The molecule has 0 unspecified atom stereocenters. The number of hydrazone groups is 1. The van der Waals surface area contributed by atoms with Crippen LogP contribution in [0.3, 0.4) is 0 Å². The van der Waals surface area contributed by atoms with Gasteiger partial charge in [0.05, 0.1) is 20.7 Å². The molecule has 0 heterocycles. The number of benzene rings is 2. The molecule has 9 heteroatoms.